The van der Waals surface area contributed by atoms with E-state index in [0.717, 1.165) is 53.3 Å². The molecule has 8 nitrogen and oxygen atoms in total. The van der Waals surface area contributed by atoms with Gasteiger partial charge in [-0.2, -0.15) is 0 Å². The number of anilines is 2. The summed E-state index contributed by atoms with van der Waals surface area (Å²) in [6, 6.07) is 19.9. The molecule has 0 bridgehead atoms. The van der Waals surface area contributed by atoms with E-state index in [4.69, 9.17) is 14.6 Å². The van der Waals surface area contributed by atoms with Crippen molar-refractivity contribution in [3.63, 3.8) is 0 Å². The highest BCUT2D eigenvalue weighted by Crippen LogP contribution is 2.37. The number of fused-ring (bicyclic) bond motifs is 1. The fraction of sp³-hybridized carbons (Fsp3) is 0.276. The number of aliphatic carboxylic acids is 1. The van der Waals surface area contributed by atoms with E-state index in [1.54, 1.807) is 18.2 Å². The van der Waals surface area contributed by atoms with Crippen molar-refractivity contribution in [3.05, 3.63) is 77.9 Å². The third-order valence-corrected chi connectivity index (χ3v) is 7.26. The molecule has 0 aromatic heterocycles. The van der Waals surface area contributed by atoms with Crippen molar-refractivity contribution in [3.8, 4) is 16.9 Å². The minimum atomic E-state index is -3.81. The Hall–Kier alpha value is -3.66. The van der Waals surface area contributed by atoms with Crippen molar-refractivity contribution in [1.82, 2.24) is 0 Å². The summed E-state index contributed by atoms with van der Waals surface area (Å²) in [4.78, 5) is 13.9. The van der Waals surface area contributed by atoms with E-state index < -0.39 is 16.0 Å². The third-order valence-electron chi connectivity index (χ3n) is 6.33. The van der Waals surface area contributed by atoms with Crippen molar-refractivity contribution in [2.45, 2.75) is 31.1 Å². The van der Waals surface area contributed by atoms with E-state index in [-0.39, 0.29) is 4.90 Å². The van der Waals surface area contributed by atoms with Crippen LogP contribution in [0.5, 0.6) is 5.75 Å². The molecule has 200 valence electrons. The van der Waals surface area contributed by atoms with Crippen molar-refractivity contribution in [2.75, 3.05) is 31.3 Å². The molecule has 0 spiro atoms. The van der Waals surface area contributed by atoms with Gasteiger partial charge < -0.3 is 19.5 Å². The van der Waals surface area contributed by atoms with Crippen LogP contribution in [-0.4, -0.2) is 45.9 Å². The topological polar surface area (TPSA) is 119 Å². The number of primary sulfonamides is 1. The number of unbranched alkanes of at least 4 members (excludes halogenated alkanes) is 1. The molecular formula is C29H32N2O6S. The normalized spacial score (nSPS) is 13.4. The largest absolute Gasteiger partial charge is 0.491 e. The zero-order valence-electron chi connectivity index (χ0n) is 21.3. The number of carboxylic acids is 1. The van der Waals surface area contributed by atoms with Crippen LogP contribution < -0.4 is 14.8 Å². The van der Waals surface area contributed by atoms with Crippen LogP contribution in [0.1, 0.15) is 31.7 Å². The lowest BCUT2D eigenvalue weighted by atomic mass is 10.00. The van der Waals surface area contributed by atoms with Crippen molar-refractivity contribution in [1.29, 1.82) is 0 Å². The van der Waals surface area contributed by atoms with Gasteiger partial charge in [-0.15, -0.1) is 0 Å². The number of ether oxygens (including phenoxy) is 2. The summed E-state index contributed by atoms with van der Waals surface area (Å²) in [6.45, 7) is 4.33. The average Bonchev–Trinajstić information content (AvgIpc) is 3.10. The molecule has 0 saturated carbocycles. The van der Waals surface area contributed by atoms with Crippen LogP contribution in [0.2, 0.25) is 0 Å². The molecule has 1 aliphatic heterocycles. The zero-order chi connectivity index (χ0) is 27.1. The summed E-state index contributed by atoms with van der Waals surface area (Å²) in [5.74, 6) is -0.210. The Morgan fingerprint density at radius 1 is 0.974 bits per heavy atom. The van der Waals surface area contributed by atoms with E-state index in [1.165, 1.54) is 12.1 Å². The second-order valence-electron chi connectivity index (χ2n) is 9.03. The molecule has 0 atom stereocenters. The standard InChI is InChI=1S/C29H32N2O6S/c1-2-3-16-36-17-18-37-26-9-4-21(5-10-26)22-6-13-28-24(19-22)20-23(29(32)33)14-15-31(28)25-7-11-27(12-8-25)38(30,34)35/h4-13,19-20H,2-3,14-18H2,1H3,(H,32,33)(H2,30,34,35). The van der Waals surface area contributed by atoms with Gasteiger partial charge in [-0.3, -0.25) is 0 Å². The molecule has 0 amide bonds. The fourth-order valence-corrected chi connectivity index (χ4v) is 4.79. The molecule has 0 fully saturated rings. The van der Waals surface area contributed by atoms with E-state index in [2.05, 4.69) is 6.92 Å². The molecule has 0 aliphatic carbocycles. The Morgan fingerprint density at radius 3 is 2.34 bits per heavy atom. The van der Waals surface area contributed by atoms with Crippen molar-refractivity contribution in [2.24, 2.45) is 5.14 Å². The van der Waals surface area contributed by atoms with Crippen LogP contribution in [0.3, 0.4) is 0 Å². The van der Waals surface area contributed by atoms with E-state index in [1.807, 2.05) is 47.4 Å². The first-order valence-electron chi connectivity index (χ1n) is 12.6. The maximum Gasteiger partial charge on any atom is 0.331 e. The second-order valence-corrected chi connectivity index (χ2v) is 10.6. The number of carbonyl (C=O) groups is 1. The van der Waals surface area contributed by atoms with Gasteiger partial charge in [-0.05, 0) is 84.1 Å². The maximum absolute atomic E-state index is 11.9. The van der Waals surface area contributed by atoms with Crippen LogP contribution in [0.25, 0.3) is 17.2 Å². The van der Waals surface area contributed by atoms with E-state index in [0.29, 0.717) is 31.8 Å². The van der Waals surface area contributed by atoms with Crippen LogP contribution in [0, 0.1) is 0 Å². The molecule has 3 aromatic carbocycles. The molecule has 38 heavy (non-hydrogen) atoms. The minimum Gasteiger partial charge on any atom is -0.491 e. The summed E-state index contributed by atoms with van der Waals surface area (Å²) in [5.41, 5.74) is 4.54. The van der Waals surface area contributed by atoms with E-state index in [9.17, 15) is 18.3 Å². The Kier molecular flexibility index (Phi) is 8.83. The number of benzene rings is 3. The Labute approximate surface area is 223 Å². The zero-order valence-corrected chi connectivity index (χ0v) is 22.1. The molecular weight excluding hydrogens is 504 g/mol. The molecule has 9 heteroatoms. The lowest BCUT2D eigenvalue weighted by Crippen LogP contribution is -2.19. The summed E-state index contributed by atoms with van der Waals surface area (Å²) in [7, 11) is -3.81. The Balaban J connectivity index is 1.57. The number of rotatable bonds is 11. The minimum absolute atomic E-state index is 0.0208. The first kappa shape index (κ1) is 27.4. The molecule has 0 unspecified atom stereocenters. The predicted molar refractivity (Wildman–Crippen MR) is 148 cm³/mol. The molecule has 3 aromatic rings. The third kappa shape index (κ3) is 6.80. The van der Waals surface area contributed by atoms with Gasteiger partial charge in [-0.1, -0.05) is 31.5 Å². The van der Waals surface area contributed by atoms with Crippen LogP contribution in [0.15, 0.2) is 77.2 Å². The lowest BCUT2D eigenvalue weighted by molar-refractivity contribution is -0.132. The SMILES string of the molecule is CCCCOCCOc1ccc(-c2ccc3c(c2)C=C(C(=O)O)CCN3c2ccc(S(N)(=O)=O)cc2)cc1. The first-order valence-corrected chi connectivity index (χ1v) is 14.1. The number of nitrogens with two attached hydrogens (primary N) is 1. The van der Waals surface area contributed by atoms with Crippen molar-refractivity contribution < 1.29 is 27.8 Å². The number of hydrogen-bond donors (Lipinski definition) is 2. The number of sulfonamides is 1. The van der Waals surface area contributed by atoms with Gasteiger partial charge in [0, 0.05) is 30.1 Å². The van der Waals surface area contributed by atoms with Crippen LogP contribution >= 0.6 is 0 Å². The summed E-state index contributed by atoms with van der Waals surface area (Å²) in [6.07, 6.45) is 4.17. The molecule has 4 rings (SSSR count). The quantitative estimate of drug-likeness (QED) is 0.323. The first-order chi connectivity index (χ1) is 18.3. The highest BCUT2D eigenvalue weighted by Gasteiger charge is 2.21. The number of carboxylic acid groups (broad SMARTS) is 1. The number of hydrogen-bond acceptors (Lipinski definition) is 6. The molecule has 3 N–H and O–H groups in total. The monoisotopic (exact) mass is 536 g/mol. The van der Waals surface area contributed by atoms with Gasteiger partial charge >= 0.3 is 5.97 Å². The number of nitrogens with zero attached hydrogens (tertiary/aromatic N) is 1. The maximum atomic E-state index is 11.9. The summed E-state index contributed by atoms with van der Waals surface area (Å²) >= 11 is 0. The van der Waals surface area contributed by atoms with Gasteiger partial charge in [0.05, 0.1) is 11.5 Å². The predicted octanol–water partition coefficient (Wildman–Crippen LogP) is 5.21. The van der Waals surface area contributed by atoms with Crippen LogP contribution in [-0.2, 0) is 19.6 Å². The molecule has 0 saturated heterocycles. The smallest absolute Gasteiger partial charge is 0.331 e. The van der Waals surface area contributed by atoms with Gasteiger partial charge in [-0.25, -0.2) is 18.4 Å². The molecule has 1 heterocycles. The van der Waals surface area contributed by atoms with Gasteiger partial charge in [0.1, 0.15) is 12.4 Å². The van der Waals surface area contributed by atoms with Crippen molar-refractivity contribution >= 4 is 33.4 Å². The Bertz CT molecular complexity index is 1400. The second kappa shape index (κ2) is 12.3. The average molecular weight is 537 g/mol. The van der Waals surface area contributed by atoms with Gasteiger partial charge in [0.25, 0.3) is 0 Å². The highest BCUT2D eigenvalue weighted by molar-refractivity contribution is 7.89. The van der Waals surface area contributed by atoms with Crippen LogP contribution in [0.4, 0.5) is 11.4 Å². The Morgan fingerprint density at radius 2 is 1.68 bits per heavy atom. The highest BCUT2D eigenvalue weighted by atomic mass is 32.2. The van der Waals surface area contributed by atoms with Gasteiger partial charge in [0.2, 0.25) is 10.0 Å². The summed E-state index contributed by atoms with van der Waals surface area (Å²) in [5, 5.41) is 15.0. The molecule has 1 aliphatic rings. The fourth-order valence-electron chi connectivity index (χ4n) is 4.27. The molecule has 0 radical (unpaired) electrons. The lowest BCUT2D eigenvalue weighted by Gasteiger charge is -2.25. The van der Waals surface area contributed by atoms with E-state index >= 15 is 0 Å². The van der Waals surface area contributed by atoms with Gasteiger partial charge in [0.15, 0.2) is 0 Å². The summed E-state index contributed by atoms with van der Waals surface area (Å²) < 4.78 is 34.6.